The summed E-state index contributed by atoms with van der Waals surface area (Å²) in [5, 5.41) is 8.25. The molecule has 0 aliphatic heterocycles. The van der Waals surface area contributed by atoms with Crippen molar-refractivity contribution in [2.24, 2.45) is 5.90 Å². The van der Waals surface area contributed by atoms with E-state index in [9.17, 15) is 4.79 Å². The highest BCUT2D eigenvalue weighted by atomic mass is 16.7. The van der Waals surface area contributed by atoms with E-state index in [-0.39, 0.29) is 6.61 Å². The molecule has 1 amide bonds. The Balaban J connectivity index is 2.95. The number of hydroxylamine groups is 1. The lowest BCUT2D eigenvalue weighted by Crippen LogP contribution is -2.28. The fourth-order valence-electron chi connectivity index (χ4n) is 0.473. The lowest BCUT2D eigenvalue weighted by Gasteiger charge is -2.04. The van der Waals surface area contributed by atoms with Crippen LogP contribution >= 0.6 is 0 Å². The van der Waals surface area contributed by atoms with E-state index in [1.165, 1.54) is 0 Å². The third-order valence-electron chi connectivity index (χ3n) is 1.00. The molecule has 7 nitrogen and oxygen atoms in total. The summed E-state index contributed by atoms with van der Waals surface area (Å²) >= 11 is 0. The zero-order valence-corrected chi connectivity index (χ0v) is 7.19. The first-order valence-electron chi connectivity index (χ1n) is 3.72. The van der Waals surface area contributed by atoms with Gasteiger partial charge in [-0.1, -0.05) is 0 Å². The van der Waals surface area contributed by atoms with Crippen molar-refractivity contribution >= 4 is 5.91 Å². The maximum absolute atomic E-state index is 10.4. The minimum Gasteiger partial charge on any atom is -0.386 e. The van der Waals surface area contributed by atoms with Crippen molar-refractivity contribution in [3.63, 3.8) is 0 Å². The maximum Gasteiger partial charge on any atom is 0.269 e. The number of ether oxygens (including phenoxy) is 1. The second-order valence-electron chi connectivity index (χ2n) is 2.01. The Morgan fingerprint density at radius 2 is 2.00 bits per heavy atom. The molecular weight excluding hydrogens is 180 g/mol. The van der Waals surface area contributed by atoms with Gasteiger partial charge >= 0.3 is 0 Å². The lowest BCUT2D eigenvalue weighted by molar-refractivity contribution is -0.137. The smallest absolute Gasteiger partial charge is 0.269 e. The van der Waals surface area contributed by atoms with Gasteiger partial charge in [0.25, 0.3) is 5.91 Å². The number of hydrogen-bond acceptors (Lipinski definition) is 6. The van der Waals surface area contributed by atoms with Gasteiger partial charge < -0.3 is 14.7 Å². The van der Waals surface area contributed by atoms with E-state index in [1.54, 1.807) is 0 Å². The number of carbonyl (C=O) groups is 1. The van der Waals surface area contributed by atoms with Crippen molar-refractivity contribution in [1.29, 1.82) is 0 Å². The first-order chi connectivity index (χ1) is 6.31. The second kappa shape index (κ2) is 9.36. The van der Waals surface area contributed by atoms with Gasteiger partial charge in [0.2, 0.25) is 0 Å². The third kappa shape index (κ3) is 9.18. The van der Waals surface area contributed by atoms with Gasteiger partial charge in [0, 0.05) is 0 Å². The summed E-state index contributed by atoms with van der Waals surface area (Å²) in [7, 11) is 0. The van der Waals surface area contributed by atoms with Crippen molar-refractivity contribution in [2.45, 2.75) is 0 Å². The molecule has 0 saturated heterocycles. The quantitative estimate of drug-likeness (QED) is 0.303. The van der Waals surface area contributed by atoms with E-state index in [0.29, 0.717) is 19.8 Å². The SMILES string of the molecule is NOCCOCCONC(=O)CO. The largest absolute Gasteiger partial charge is 0.386 e. The van der Waals surface area contributed by atoms with Crippen LogP contribution in [-0.4, -0.2) is 44.0 Å². The Morgan fingerprint density at radius 3 is 2.62 bits per heavy atom. The van der Waals surface area contributed by atoms with Crippen molar-refractivity contribution in [2.75, 3.05) is 33.0 Å². The molecule has 0 heterocycles. The molecule has 0 aromatic rings. The average molecular weight is 194 g/mol. The molecule has 0 rings (SSSR count). The van der Waals surface area contributed by atoms with Crippen LogP contribution in [0.1, 0.15) is 0 Å². The van der Waals surface area contributed by atoms with E-state index in [2.05, 4.69) is 9.68 Å². The molecule has 78 valence electrons. The van der Waals surface area contributed by atoms with Gasteiger partial charge in [-0.3, -0.25) is 9.63 Å². The zero-order valence-electron chi connectivity index (χ0n) is 7.19. The van der Waals surface area contributed by atoms with Crippen molar-refractivity contribution in [3.8, 4) is 0 Å². The standard InChI is InChI=1S/C6H14N2O5/c7-12-3-1-11-2-4-13-8-6(10)5-9/h9H,1-5,7H2,(H,8,10). The Hall–Kier alpha value is -0.730. The van der Waals surface area contributed by atoms with Gasteiger partial charge in [0.05, 0.1) is 26.4 Å². The predicted octanol–water partition coefficient (Wildman–Crippen LogP) is -2.07. The molecule has 0 aliphatic rings. The molecule has 0 spiro atoms. The van der Waals surface area contributed by atoms with E-state index in [4.69, 9.17) is 15.7 Å². The summed E-state index contributed by atoms with van der Waals surface area (Å²) in [6.07, 6.45) is 0. The van der Waals surface area contributed by atoms with Crippen molar-refractivity contribution in [1.82, 2.24) is 5.48 Å². The summed E-state index contributed by atoms with van der Waals surface area (Å²) in [5.41, 5.74) is 2.00. The Labute approximate surface area is 75.7 Å². The molecule has 13 heavy (non-hydrogen) atoms. The van der Waals surface area contributed by atoms with Crippen LogP contribution < -0.4 is 11.4 Å². The Bertz CT molecular complexity index is 132. The minimum atomic E-state index is -0.595. The second-order valence-corrected chi connectivity index (χ2v) is 2.01. The summed E-state index contributed by atoms with van der Waals surface area (Å²) in [6, 6.07) is 0. The number of nitrogens with two attached hydrogens (primary N) is 1. The highest BCUT2D eigenvalue weighted by molar-refractivity contribution is 5.75. The lowest BCUT2D eigenvalue weighted by atomic mass is 10.7. The summed E-state index contributed by atoms with van der Waals surface area (Å²) in [5.74, 6) is 4.14. The Kier molecular flexibility index (Phi) is 8.83. The van der Waals surface area contributed by atoms with Crippen LogP contribution in [-0.2, 0) is 19.2 Å². The average Bonchev–Trinajstić information content (AvgIpc) is 2.16. The molecule has 0 atom stereocenters. The van der Waals surface area contributed by atoms with Crippen LogP contribution in [0.2, 0.25) is 0 Å². The maximum atomic E-state index is 10.4. The van der Waals surface area contributed by atoms with Gasteiger partial charge in [-0.05, 0) is 0 Å². The van der Waals surface area contributed by atoms with E-state index in [1.807, 2.05) is 5.48 Å². The molecule has 0 unspecified atom stereocenters. The number of nitrogens with one attached hydrogen (secondary N) is 1. The Morgan fingerprint density at radius 1 is 1.31 bits per heavy atom. The van der Waals surface area contributed by atoms with Crippen molar-refractivity contribution in [3.05, 3.63) is 0 Å². The fourth-order valence-corrected chi connectivity index (χ4v) is 0.473. The normalized spacial score (nSPS) is 10.0. The van der Waals surface area contributed by atoms with Crippen LogP contribution in [0.15, 0.2) is 0 Å². The van der Waals surface area contributed by atoms with E-state index >= 15 is 0 Å². The fraction of sp³-hybridized carbons (Fsp3) is 0.833. The molecule has 0 fully saturated rings. The monoisotopic (exact) mass is 194 g/mol. The molecule has 7 heteroatoms. The molecular formula is C6H14N2O5. The van der Waals surface area contributed by atoms with Crippen molar-refractivity contribution < 1.29 is 24.3 Å². The molecule has 0 aliphatic carbocycles. The first kappa shape index (κ1) is 12.3. The molecule has 0 aromatic heterocycles. The van der Waals surface area contributed by atoms with Gasteiger partial charge in [0.1, 0.15) is 6.61 Å². The highest BCUT2D eigenvalue weighted by Crippen LogP contribution is 1.76. The van der Waals surface area contributed by atoms with E-state index in [0.717, 1.165) is 0 Å². The number of carbonyl (C=O) groups excluding carboxylic acids is 1. The number of aliphatic hydroxyl groups is 1. The molecule has 0 bridgehead atoms. The van der Waals surface area contributed by atoms with Gasteiger partial charge in [-0.25, -0.2) is 11.4 Å². The van der Waals surface area contributed by atoms with Gasteiger partial charge in [-0.2, -0.15) is 0 Å². The summed E-state index contributed by atoms with van der Waals surface area (Å²) < 4.78 is 4.95. The summed E-state index contributed by atoms with van der Waals surface area (Å²) in [4.78, 5) is 19.2. The van der Waals surface area contributed by atoms with Gasteiger partial charge in [0.15, 0.2) is 0 Å². The van der Waals surface area contributed by atoms with Crippen LogP contribution in [0.25, 0.3) is 0 Å². The minimum absolute atomic E-state index is 0.205. The molecule has 4 N–H and O–H groups in total. The van der Waals surface area contributed by atoms with Crippen LogP contribution in [0.4, 0.5) is 0 Å². The number of aliphatic hydroxyl groups excluding tert-OH is 1. The molecule has 0 aromatic carbocycles. The number of rotatable bonds is 8. The summed E-state index contributed by atoms with van der Waals surface area (Å²) in [6.45, 7) is 0.601. The predicted molar refractivity (Wildman–Crippen MR) is 42.1 cm³/mol. The number of amides is 1. The highest BCUT2D eigenvalue weighted by Gasteiger charge is 1.95. The number of hydrogen-bond donors (Lipinski definition) is 3. The van der Waals surface area contributed by atoms with Gasteiger partial charge in [-0.15, -0.1) is 0 Å². The van der Waals surface area contributed by atoms with E-state index < -0.39 is 12.5 Å². The third-order valence-corrected chi connectivity index (χ3v) is 1.00. The topological polar surface area (TPSA) is 103 Å². The zero-order chi connectivity index (χ0) is 9.94. The van der Waals surface area contributed by atoms with Crippen LogP contribution in [0.5, 0.6) is 0 Å². The molecule has 0 radical (unpaired) electrons. The first-order valence-corrected chi connectivity index (χ1v) is 3.72. The molecule has 0 saturated carbocycles. The van der Waals surface area contributed by atoms with Crippen LogP contribution in [0.3, 0.4) is 0 Å². The van der Waals surface area contributed by atoms with Crippen LogP contribution in [0, 0.1) is 0 Å².